The molecular weight excluding hydrogens is 322 g/mol. The van der Waals surface area contributed by atoms with Crippen LogP contribution < -0.4 is 10.6 Å². The van der Waals surface area contributed by atoms with Gasteiger partial charge in [-0.2, -0.15) is 0 Å². The van der Waals surface area contributed by atoms with Crippen LogP contribution in [0.4, 0.5) is 5.69 Å². The number of carbonyl (C=O) groups excluding carboxylic acids is 3. The zero-order chi connectivity index (χ0) is 18.2. The molecule has 1 heterocycles. The second-order valence-corrected chi connectivity index (χ2v) is 5.66. The highest BCUT2D eigenvalue weighted by atomic mass is 16.3. The molecule has 2 aromatic rings. The molecule has 7 nitrogen and oxygen atoms in total. The Balaban J connectivity index is 1.71. The van der Waals surface area contributed by atoms with Crippen LogP contribution in [0.5, 0.6) is 0 Å². The molecule has 0 fully saturated rings. The third kappa shape index (κ3) is 5.49. The first kappa shape index (κ1) is 18.3. The largest absolute Gasteiger partial charge is 0.459 e. The predicted molar refractivity (Wildman–Crippen MR) is 93.4 cm³/mol. The second-order valence-electron chi connectivity index (χ2n) is 5.66. The maximum Gasteiger partial charge on any atom is 0.286 e. The van der Waals surface area contributed by atoms with E-state index >= 15 is 0 Å². The van der Waals surface area contributed by atoms with E-state index in [1.807, 2.05) is 0 Å². The molecule has 2 N–H and O–H groups in total. The topological polar surface area (TPSA) is 91.7 Å². The van der Waals surface area contributed by atoms with Gasteiger partial charge in [0.05, 0.1) is 6.26 Å². The molecule has 3 amide bonds. The zero-order valence-corrected chi connectivity index (χ0v) is 14.2. The summed E-state index contributed by atoms with van der Waals surface area (Å²) in [7, 11) is 3.37. The van der Waals surface area contributed by atoms with Gasteiger partial charge in [0, 0.05) is 38.3 Å². The van der Waals surface area contributed by atoms with Crippen LogP contribution in [0.3, 0.4) is 0 Å². The Labute approximate surface area is 146 Å². The van der Waals surface area contributed by atoms with Gasteiger partial charge in [-0.1, -0.05) is 0 Å². The first-order valence-electron chi connectivity index (χ1n) is 7.90. The average molecular weight is 343 g/mol. The number of rotatable bonds is 7. The molecule has 1 aromatic carbocycles. The molecule has 0 aliphatic heterocycles. The maximum absolute atomic E-state index is 11.9. The van der Waals surface area contributed by atoms with Crippen molar-refractivity contribution in [1.29, 1.82) is 0 Å². The fourth-order valence-electron chi connectivity index (χ4n) is 2.12. The number of carbonyl (C=O) groups is 3. The van der Waals surface area contributed by atoms with Crippen LogP contribution in [-0.4, -0.2) is 43.3 Å². The van der Waals surface area contributed by atoms with Crippen LogP contribution in [0.15, 0.2) is 47.1 Å². The average Bonchev–Trinajstić information content (AvgIpc) is 3.13. The van der Waals surface area contributed by atoms with E-state index < -0.39 is 0 Å². The molecule has 0 radical (unpaired) electrons. The second kappa shape index (κ2) is 8.68. The van der Waals surface area contributed by atoms with Gasteiger partial charge in [-0.05, 0) is 42.8 Å². The van der Waals surface area contributed by atoms with Gasteiger partial charge in [0.2, 0.25) is 5.91 Å². The lowest BCUT2D eigenvalue weighted by molar-refractivity contribution is -0.116. The highest BCUT2D eigenvalue weighted by molar-refractivity contribution is 5.95. The predicted octanol–water partition coefficient (Wildman–Crippen LogP) is 2.13. The molecule has 0 atom stereocenters. The molecule has 0 saturated carbocycles. The number of furan rings is 1. The lowest BCUT2D eigenvalue weighted by Gasteiger charge is -2.11. The molecule has 25 heavy (non-hydrogen) atoms. The third-order valence-corrected chi connectivity index (χ3v) is 3.43. The van der Waals surface area contributed by atoms with Gasteiger partial charge < -0.3 is 20.0 Å². The Bertz CT molecular complexity index is 721. The number of hydrogen-bond donors (Lipinski definition) is 2. The van der Waals surface area contributed by atoms with E-state index in [1.54, 1.807) is 50.5 Å². The normalized spacial score (nSPS) is 10.2. The Hall–Kier alpha value is -3.09. The van der Waals surface area contributed by atoms with E-state index in [4.69, 9.17) is 4.42 Å². The van der Waals surface area contributed by atoms with Gasteiger partial charge in [-0.15, -0.1) is 0 Å². The fourth-order valence-corrected chi connectivity index (χ4v) is 2.12. The van der Waals surface area contributed by atoms with Gasteiger partial charge in [-0.3, -0.25) is 14.4 Å². The molecule has 0 spiro atoms. The first-order valence-corrected chi connectivity index (χ1v) is 7.90. The summed E-state index contributed by atoms with van der Waals surface area (Å²) in [6.45, 7) is 0.378. The minimum absolute atomic E-state index is 0.0924. The zero-order valence-electron chi connectivity index (χ0n) is 14.2. The van der Waals surface area contributed by atoms with Crippen molar-refractivity contribution in [2.45, 2.75) is 12.8 Å². The summed E-state index contributed by atoms with van der Waals surface area (Å²) in [5.41, 5.74) is 1.18. The molecule has 1 aromatic heterocycles. The van der Waals surface area contributed by atoms with Crippen molar-refractivity contribution in [2.24, 2.45) is 0 Å². The Kier molecular flexibility index (Phi) is 6.33. The van der Waals surface area contributed by atoms with Gasteiger partial charge in [0.15, 0.2) is 5.76 Å². The minimum atomic E-state index is -0.299. The molecular formula is C18H21N3O4. The number of nitrogens with zero attached hydrogens (tertiary/aromatic N) is 1. The number of hydrogen-bond acceptors (Lipinski definition) is 4. The third-order valence-electron chi connectivity index (χ3n) is 3.43. The number of nitrogens with one attached hydrogen (secondary N) is 2. The summed E-state index contributed by atoms with van der Waals surface area (Å²) in [6.07, 6.45) is 2.21. The van der Waals surface area contributed by atoms with E-state index in [1.165, 1.54) is 11.2 Å². The van der Waals surface area contributed by atoms with E-state index in [2.05, 4.69) is 10.6 Å². The standard InChI is InChI=1S/C18H21N3O4/c1-21(2)18(24)13-7-9-14(10-8-13)20-16(22)6-3-11-19-17(23)15-5-4-12-25-15/h4-5,7-10,12H,3,6,11H2,1-2H3,(H,19,23)(H,20,22). The Morgan fingerprint density at radius 2 is 1.80 bits per heavy atom. The summed E-state index contributed by atoms with van der Waals surface area (Å²) >= 11 is 0. The molecule has 0 unspecified atom stereocenters. The lowest BCUT2D eigenvalue weighted by Crippen LogP contribution is -2.25. The minimum Gasteiger partial charge on any atom is -0.459 e. The number of anilines is 1. The van der Waals surface area contributed by atoms with Crippen molar-refractivity contribution in [2.75, 3.05) is 26.0 Å². The quantitative estimate of drug-likeness (QED) is 0.754. The molecule has 0 aliphatic rings. The van der Waals surface area contributed by atoms with Gasteiger partial charge >= 0.3 is 0 Å². The SMILES string of the molecule is CN(C)C(=O)c1ccc(NC(=O)CCCNC(=O)c2ccco2)cc1. The van der Waals surface area contributed by atoms with Crippen molar-refractivity contribution < 1.29 is 18.8 Å². The van der Waals surface area contributed by atoms with Gasteiger partial charge in [-0.25, -0.2) is 0 Å². The Morgan fingerprint density at radius 3 is 2.40 bits per heavy atom. The fraction of sp³-hybridized carbons (Fsp3) is 0.278. The van der Waals surface area contributed by atoms with Crippen LogP contribution in [0.2, 0.25) is 0 Å². The summed E-state index contributed by atoms with van der Waals surface area (Å²) in [5, 5.41) is 5.44. The highest BCUT2D eigenvalue weighted by Crippen LogP contribution is 2.11. The van der Waals surface area contributed by atoms with Crippen molar-refractivity contribution in [3.63, 3.8) is 0 Å². The molecule has 7 heteroatoms. The van der Waals surface area contributed by atoms with Gasteiger partial charge in [0.1, 0.15) is 0 Å². The molecule has 0 bridgehead atoms. The summed E-state index contributed by atoms with van der Waals surface area (Å²) in [5.74, 6) is -0.299. The number of benzene rings is 1. The smallest absolute Gasteiger partial charge is 0.286 e. The number of amides is 3. The summed E-state index contributed by atoms with van der Waals surface area (Å²) in [6, 6.07) is 9.93. The van der Waals surface area contributed by atoms with Gasteiger partial charge in [0.25, 0.3) is 11.8 Å². The summed E-state index contributed by atoms with van der Waals surface area (Å²) in [4.78, 5) is 36.8. The van der Waals surface area contributed by atoms with E-state index in [9.17, 15) is 14.4 Å². The maximum atomic E-state index is 11.9. The van der Waals surface area contributed by atoms with Crippen molar-refractivity contribution in [3.05, 3.63) is 54.0 Å². The Morgan fingerprint density at radius 1 is 1.08 bits per heavy atom. The molecule has 2 rings (SSSR count). The molecule has 132 valence electrons. The van der Waals surface area contributed by atoms with E-state index in [0.29, 0.717) is 24.2 Å². The lowest BCUT2D eigenvalue weighted by atomic mass is 10.2. The van der Waals surface area contributed by atoms with Crippen LogP contribution >= 0.6 is 0 Å². The van der Waals surface area contributed by atoms with Crippen LogP contribution in [0.25, 0.3) is 0 Å². The van der Waals surface area contributed by atoms with Crippen LogP contribution in [-0.2, 0) is 4.79 Å². The van der Waals surface area contributed by atoms with E-state index in [-0.39, 0.29) is 29.9 Å². The van der Waals surface area contributed by atoms with Crippen molar-refractivity contribution in [3.8, 4) is 0 Å². The monoisotopic (exact) mass is 343 g/mol. The summed E-state index contributed by atoms with van der Waals surface area (Å²) < 4.78 is 4.98. The molecule has 0 aliphatic carbocycles. The van der Waals surface area contributed by atoms with Crippen LogP contribution in [0, 0.1) is 0 Å². The van der Waals surface area contributed by atoms with Crippen molar-refractivity contribution in [1.82, 2.24) is 10.2 Å². The molecule has 0 saturated heterocycles. The first-order chi connectivity index (χ1) is 12.0. The van der Waals surface area contributed by atoms with E-state index in [0.717, 1.165) is 0 Å². The van der Waals surface area contributed by atoms with Crippen molar-refractivity contribution >= 4 is 23.4 Å². The van der Waals surface area contributed by atoms with Crippen LogP contribution in [0.1, 0.15) is 33.8 Å². The highest BCUT2D eigenvalue weighted by Gasteiger charge is 2.09.